The highest BCUT2D eigenvalue weighted by Crippen LogP contribution is 2.21. The molecule has 1 aliphatic rings. The first kappa shape index (κ1) is 11.6. The molecule has 1 aromatic heterocycles. The SMILES string of the molecule is Cc1cc(CN2CCCCC2CCN)on1. The number of likely N-dealkylation sites (tertiary alicyclic amines) is 1. The number of piperidine rings is 1. The minimum atomic E-state index is 0.629. The monoisotopic (exact) mass is 223 g/mol. The van der Waals surface area contributed by atoms with Crippen LogP contribution in [0, 0.1) is 6.92 Å². The summed E-state index contributed by atoms with van der Waals surface area (Å²) in [5, 5.41) is 3.93. The van der Waals surface area contributed by atoms with Gasteiger partial charge < -0.3 is 10.3 Å². The van der Waals surface area contributed by atoms with Crippen LogP contribution in [-0.2, 0) is 6.54 Å². The van der Waals surface area contributed by atoms with Crippen LogP contribution in [0.4, 0.5) is 0 Å². The Morgan fingerprint density at radius 2 is 2.44 bits per heavy atom. The van der Waals surface area contributed by atoms with Crippen LogP contribution in [0.5, 0.6) is 0 Å². The van der Waals surface area contributed by atoms with Crippen molar-refractivity contribution < 1.29 is 4.52 Å². The topological polar surface area (TPSA) is 55.3 Å². The van der Waals surface area contributed by atoms with Crippen molar-refractivity contribution in [2.24, 2.45) is 5.73 Å². The molecule has 4 nitrogen and oxygen atoms in total. The van der Waals surface area contributed by atoms with E-state index in [0.717, 1.165) is 37.5 Å². The van der Waals surface area contributed by atoms with Gasteiger partial charge in [-0.1, -0.05) is 11.6 Å². The predicted molar refractivity (Wildman–Crippen MR) is 63.0 cm³/mol. The minimum Gasteiger partial charge on any atom is -0.360 e. The second-order valence-corrected chi connectivity index (χ2v) is 4.63. The quantitative estimate of drug-likeness (QED) is 0.844. The summed E-state index contributed by atoms with van der Waals surface area (Å²) in [6.45, 7) is 4.77. The molecular formula is C12H21N3O. The maximum absolute atomic E-state index is 5.66. The number of hydrogen-bond donors (Lipinski definition) is 1. The van der Waals surface area contributed by atoms with Crippen LogP contribution in [-0.4, -0.2) is 29.2 Å². The molecular weight excluding hydrogens is 202 g/mol. The summed E-state index contributed by atoms with van der Waals surface area (Å²) in [5.41, 5.74) is 6.62. The van der Waals surface area contributed by atoms with Crippen molar-refractivity contribution in [3.63, 3.8) is 0 Å². The number of nitrogens with zero attached hydrogens (tertiary/aromatic N) is 2. The van der Waals surface area contributed by atoms with Gasteiger partial charge in [-0.05, 0) is 39.3 Å². The third-order valence-corrected chi connectivity index (χ3v) is 3.28. The van der Waals surface area contributed by atoms with Crippen molar-refractivity contribution in [2.45, 2.75) is 45.2 Å². The fourth-order valence-electron chi connectivity index (χ4n) is 2.48. The van der Waals surface area contributed by atoms with Gasteiger partial charge in [0.25, 0.3) is 0 Å². The van der Waals surface area contributed by atoms with Crippen molar-refractivity contribution >= 4 is 0 Å². The van der Waals surface area contributed by atoms with E-state index in [1.807, 2.05) is 13.0 Å². The summed E-state index contributed by atoms with van der Waals surface area (Å²) >= 11 is 0. The lowest BCUT2D eigenvalue weighted by Gasteiger charge is -2.34. The van der Waals surface area contributed by atoms with Crippen molar-refractivity contribution in [3.8, 4) is 0 Å². The average Bonchev–Trinajstić information content (AvgIpc) is 2.67. The van der Waals surface area contributed by atoms with Gasteiger partial charge in [0.1, 0.15) is 0 Å². The molecule has 0 spiro atoms. The molecule has 1 fully saturated rings. The Morgan fingerprint density at radius 1 is 1.56 bits per heavy atom. The molecule has 1 unspecified atom stereocenters. The van der Waals surface area contributed by atoms with Crippen molar-refractivity contribution in [1.29, 1.82) is 0 Å². The highest BCUT2D eigenvalue weighted by Gasteiger charge is 2.22. The summed E-state index contributed by atoms with van der Waals surface area (Å²) in [5.74, 6) is 0.974. The molecule has 0 aliphatic carbocycles. The van der Waals surface area contributed by atoms with Crippen LogP contribution in [0.15, 0.2) is 10.6 Å². The Morgan fingerprint density at radius 3 is 3.12 bits per heavy atom. The standard InChI is InChI=1S/C12H21N3O/c1-10-8-12(16-14-10)9-15-7-3-2-4-11(15)5-6-13/h8,11H,2-7,9,13H2,1H3. The highest BCUT2D eigenvalue weighted by molar-refractivity contribution is 5.03. The maximum atomic E-state index is 5.66. The van der Waals surface area contributed by atoms with E-state index in [4.69, 9.17) is 10.3 Å². The summed E-state index contributed by atoms with van der Waals surface area (Å²) in [7, 11) is 0. The average molecular weight is 223 g/mol. The largest absolute Gasteiger partial charge is 0.360 e. The predicted octanol–water partition coefficient (Wildman–Crippen LogP) is 1.69. The van der Waals surface area contributed by atoms with E-state index in [9.17, 15) is 0 Å². The molecule has 0 amide bonds. The number of hydrogen-bond acceptors (Lipinski definition) is 4. The zero-order valence-electron chi connectivity index (χ0n) is 9.98. The van der Waals surface area contributed by atoms with Gasteiger partial charge in [0.05, 0.1) is 12.2 Å². The first-order chi connectivity index (χ1) is 7.79. The van der Waals surface area contributed by atoms with Crippen LogP contribution in [0.1, 0.15) is 37.1 Å². The first-order valence-corrected chi connectivity index (χ1v) is 6.16. The fraction of sp³-hybridized carbons (Fsp3) is 0.750. The molecule has 0 aromatic carbocycles. The van der Waals surface area contributed by atoms with E-state index in [2.05, 4.69) is 10.1 Å². The molecule has 1 aromatic rings. The minimum absolute atomic E-state index is 0.629. The zero-order valence-corrected chi connectivity index (χ0v) is 9.98. The van der Waals surface area contributed by atoms with Gasteiger partial charge in [-0.2, -0.15) is 0 Å². The number of rotatable bonds is 4. The summed E-state index contributed by atoms with van der Waals surface area (Å²) in [4.78, 5) is 2.48. The molecule has 2 heterocycles. The normalized spacial score (nSPS) is 22.5. The molecule has 2 N–H and O–H groups in total. The van der Waals surface area contributed by atoms with Crippen molar-refractivity contribution in [1.82, 2.24) is 10.1 Å². The van der Waals surface area contributed by atoms with Crippen LogP contribution in [0.25, 0.3) is 0 Å². The van der Waals surface area contributed by atoms with E-state index >= 15 is 0 Å². The van der Waals surface area contributed by atoms with Gasteiger partial charge in [0.2, 0.25) is 0 Å². The molecule has 1 atom stereocenters. The summed E-state index contributed by atoms with van der Waals surface area (Å²) in [6.07, 6.45) is 4.97. The fourth-order valence-corrected chi connectivity index (χ4v) is 2.48. The molecule has 1 saturated heterocycles. The lowest BCUT2D eigenvalue weighted by Crippen LogP contribution is -2.40. The third kappa shape index (κ3) is 2.83. The molecule has 2 rings (SSSR count). The first-order valence-electron chi connectivity index (χ1n) is 6.16. The van der Waals surface area contributed by atoms with Crippen LogP contribution < -0.4 is 5.73 Å². The highest BCUT2D eigenvalue weighted by atomic mass is 16.5. The van der Waals surface area contributed by atoms with Crippen LogP contribution >= 0.6 is 0 Å². The van der Waals surface area contributed by atoms with Gasteiger partial charge in [-0.25, -0.2) is 0 Å². The Hall–Kier alpha value is -0.870. The summed E-state index contributed by atoms with van der Waals surface area (Å²) < 4.78 is 5.27. The van der Waals surface area contributed by atoms with Crippen molar-refractivity contribution in [2.75, 3.05) is 13.1 Å². The van der Waals surface area contributed by atoms with E-state index in [1.54, 1.807) is 0 Å². The molecule has 0 saturated carbocycles. The zero-order chi connectivity index (χ0) is 11.4. The van der Waals surface area contributed by atoms with Gasteiger partial charge in [0.15, 0.2) is 5.76 Å². The lowest BCUT2D eigenvalue weighted by molar-refractivity contribution is 0.121. The Bertz CT molecular complexity index is 322. The molecule has 0 bridgehead atoms. The third-order valence-electron chi connectivity index (χ3n) is 3.28. The Balaban J connectivity index is 1.95. The molecule has 16 heavy (non-hydrogen) atoms. The molecule has 1 aliphatic heterocycles. The Kier molecular flexibility index (Phi) is 3.96. The maximum Gasteiger partial charge on any atom is 0.150 e. The smallest absolute Gasteiger partial charge is 0.150 e. The van der Waals surface area contributed by atoms with E-state index in [-0.39, 0.29) is 0 Å². The molecule has 4 heteroatoms. The lowest BCUT2D eigenvalue weighted by atomic mass is 9.99. The van der Waals surface area contributed by atoms with Crippen LogP contribution in [0.3, 0.4) is 0 Å². The van der Waals surface area contributed by atoms with E-state index in [1.165, 1.54) is 19.3 Å². The van der Waals surface area contributed by atoms with Crippen LogP contribution in [0.2, 0.25) is 0 Å². The number of aromatic nitrogens is 1. The van der Waals surface area contributed by atoms with E-state index in [0.29, 0.717) is 6.04 Å². The van der Waals surface area contributed by atoms with Gasteiger partial charge >= 0.3 is 0 Å². The van der Waals surface area contributed by atoms with Gasteiger partial charge in [-0.15, -0.1) is 0 Å². The number of aryl methyl sites for hydroxylation is 1. The van der Waals surface area contributed by atoms with Crippen molar-refractivity contribution in [3.05, 3.63) is 17.5 Å². The number of nitrogens with two attached hydrogens (primary N) is 1. The van der Waals surface area contributed by atoms with Gasteiger partial charge in [-0.3, -0.25) is 4.90 Å². The molecule has 0 radical (unpaired) electrons. The van der Waals surface area contributed by atoms with Gasteiger partial charge in [0, 0.05) is 12.1 Å². The Labute approximate surface area is 96.8 Å². The molecule has 90 valence electrons. The van der Waals surface area contributed by atoms with E-state index < -0.39 is 0 Å². The summed E-state index contributed by atoms with van der Waals surface area (Å²) in [6, 6.07) is 2.65. The second-order valence-electron chi connectivity index (χ2n) is 4.63. The second kappa shape index (κ2) is 5.46.